The maximum atomic E-state index is 9.25. The molecular weight excluding hydrogens is 230 g/mol. The molecule has 3 heteroatoms. The monoisotopic (exact) mass is 243 g/mol. The third-order valence-corrected chi connectivity index (χ3v) is 2.42. The molecule has 1 atom stereocenters. The van der Waals surface area contributed by atoms with Crippen molar-refractivity contribution in [3.05, 3.63) is 34.3 Å². The second kappa shape index (κ2) is 5.37. The van der Waals surface area contributed by atoms with Crippen LogP contribution in [0.4, 0.5) is 0 Å². The minimum atomic E-state index is -0.376. The molecule has 0 amide bonds. The van der Waals surface area contributed by atoms with Crippen LogP contribution in [-0.4, -0.2) is 17.8 Å². The number of aryl methyl sites for hydroxylation is 1. The van der Waals surface area contributed by atoms with Crippen molar-refractivity contribution in [3.63, 3.8) is 0 Å². The van der Waals surface area contributed by atoms with E-state index in [2.05, 4.69) is 22.0 Å². The predicted octanol–water partition coefficient (Wildman–Crippen LogP) is 1.70. The van der Waals surface area contributed by atoms with Crippen LogP contribution in [-0.2, 0) is 6.42 Å². The van der Waals surface area contributed by atoms with Gasteiger partial charge in [0.25, 0.3) is 0 Å². The normalized spacial score (nSPS) is 12.8. The predicted molar refractivity (Wildman–Crippen MR) is 57.5 cm³/mol. The van der Waals surface area contributed by atoms with Gasteiger partial charge in [0.1, 0.15) is 0 Å². The summed E-state index contributed by atoms with van der Waals surface area (Å²) in [7, 11) is 0. The van der Waals surface area contributed by atoms with Gasteiger partial charge in [-0.1, -0.05) is 28.1 Å². The third-order valence-electron chi connectivity index (χ3n) is 1.93. The third kappa shape index (κ3) is 3.89. The molecule has 72 valence electrons. The van der Waals surface area contributed by atoms with Gasteiger partial charge in [-0.15, -0.1) is 0 Å². The second-order valence-electron chi connectivity index (χ2n) is 3.06. The van der Waals surface area contributed by atoms with Crippen LogP contribution in [0.1, 0.15) is 12.0 Å². The molecule has 0 spiro atoms. The van der Waals surface area contributed by atoms with Crippen molar-refractivity contribution in [2.24, 2.45) is 5.73 Å². The fourth-order valence-electron chi connectivity index (χ4n) is 1.14. The van der Waals surface area contributed by atoms with Gasteiger partial charge in [0.15, 0.2) is 0 Å². The van der Waals surface area contributed by atoms with Crippen LogP contribution in [0.25, 0.3) is 0 Å². The Morgan fingerprint density at radius 1 is 1.46 bits per heavy atom. The zero-order chi connectivity index (χ0) is 9.68. The van der Waals surface area contributed by atoms with Gasteiger partial charge in [-0.25, -0.2) is 0 Å². The van der Waals surface area contributed by atoms with Gasteiger partial charge >= 0.3 is 0 Å². The van der Waals surface area contributed by atoms with E-state index in [1.165, 1.54) is 5.56 Å². The Morgan fingerprint density at radius 2 is 2.23 bits per heavy atom. The first-order valence-corrected chi connectivity index (χ1v) is 5.14. The minimum absolute atomic E-state index is 0.341. The van der Waals surface area contributed by atoms with E-state index in [1.807, 2.05) is 18.2 Å². The van der Waals surface area contributed by atoms with Crippen molar-refractivity contribution < 1.29 is 5.11 Å². The van der Waals surface area contributed by atoms with E-state index in [9.17, 15) is 5.11 Å². The zero-order valence-electron chi connectivity index (χ0n) is 7.41. The molecule has 0 saturated heterocycles. The van der Waals surface area contributed by atoms with Gasteiger partial charge in [-0.3, -0.25) is 0 Å². The molecule has 1 aromatic carbocycles. The summed E-state index contributed by atoms with van der Waals surface area (Å²) in [6.45, 7) is 0.341. The van der Waals surface area contributed by atoms with Gasteiger partial charge in [0.2, 0.25) is 0 Å². The number of halogens is 1. The quantitative estimate of drug-likeness (QED) is 0.846. The van der Waals surface area contributed by atoms with Crippen molar-refractivity contribution in [2.45, 2.75) is 18.9 Å². The average molecular weight is 244 g/mol. The van der Waals surface area contributed by atoms with E-state index in [0.717, 1.165) is 17.3 Å². The van der Waals surface area contributed by atoms with Gasteiger partial charge in [0, 0.05) is 11.0 Å². The topological polar surface area (TPSA) is 46.2 Å². The molecule has 3 N–H and O–H groups in total. The second-order valence-corrected chi connectivity index (χ2v) is 3.97. The molecule has 0 aromatic heterocycles. The average Bonchev–Trinajstić information content (AvgIpc) is 2.14. The lowest BCUT2D eigenvalue weighted by Gasteiger charge is -2.07. The van der Waals surface area contributed by atoms with Gasteiger partial charge in [-0.2, -0.15) is 0 Å². The van der Waals surface area contributed by atoms with Crippen LogP contribution in [0, 0.1) is 0 Å². The molecule has 0 fully saturated rings. The molecule has 0 bridgehead atoms. The summed E-state index contributed by atoms with van der Waals surface area (Å²) in [6.07, 6.45) is 1.23. The lowest BCUT2D eigenvalue weighted by molar-refractivity contribution is 0.173. The van der Waals surface area contributed by atoms with Crippen LogP contribution < -0.4 is 5.73 Å². The summed E-state index contributed by atoms with van der Waals surface area (Å²) in [5, 5.41) is 9.25. The highest BCUT2D eigenvalue weighted by atomic mass is 79.9. The first kappa shape index (κ1) is 10.7. The SMILES string of the molecule is NC[C@@H](O)CCc1cccc(Br)c1. The molecule has 0 heterocycles. The highest BCUT2D eigenvalue weighted by molar-refractivity contribution is 9.10. The molecule has 1 rings (SSSR count). The highest BCUT2D eigenvalue weighted by Crippen LogP contribution is 2.13. The number of aliphatic hydroxyl groups is 1. The molecule has 13 heavy (non-hydrogen) atoms. The van der Waals surface area contributed by atoms with Crippen molar-refractivity contribution in [1.82, 2.24) is 0 Å². The van der Waals surface area contributed by atoms with Gasteiger partial charge in [-0.05, 0) is 30.5 Å². The Balaban J connectivity index is 2.45. The molecule has 0 radical (unpaired) electrons. The van der Waals surface area contributed by atoms with E-state index >= 15 is 0 Å². The number of nitrogens with two attached hydrogens (primary N) is 1. The number of hydrogen-bond donors (Lipinski definition) is 2. The van der Waals surface area contributed by atoms with E-state index in [4.69, 9.17) is 5.73 Å². The van der Waals surface area contributed by atoms with Crippen molar-refractivity contribution in [2.75, 3.05) is 6.54 Å². The van der Waals surface area contributed by atoms with Crippen molar-refractivity contribution in [3.8, 4) is 0 Å². The lowest BCUT2D eigenvalue weighted by Crippen LogP contribution is -2.20. The molecular formula is C10H14BrNO. The maximum absolute atomic E-state index is 9.25. The molecule has 0 aliphatic rings. The molecule has 0 aliphatic heterocycles. The van der Waals surface area contributed by atoms with Crippen molar-refractivity contribution >= 4 is 15.9 Å². The Hall–Kier alpha value is -0.380. The zero-order valence-corrected chi connectivity index (χ0v) is 9.00. The van der Waals surface area contributed by atoms with Crippen LogP contribution in [0.5, 0.6) is 0 Å². The summed E-state index contributed by atoms with van der Waals surface area (Å²) in [6, 6.07) is 8.09. The van der Waals surface area contributed by atoms with Crippen LogP contribution in [0.3, 0.4) is 0 Å². The summed E-state index contributed by atoms with van der Waals surface area (Å²) in [5.74, 6) is 0. The van der Waals surface area contributed by atoms with Crippen LogP contribution in [0.2, 0.25) is 0 Å². The maximum Gasteiger partial charge on any atom is 0.0665 e. The van der Waals surface area contributed by atoms with E-state index in [-0.39, 0.29) is 6.10 Å². The molecule has 0 aliphatic carbocycles. The smallest absolute Gasteiger partial charge is 0.0665 e. The fourth-order valence-corrected chi connectivity index (χ4v) is 1.59. The number of hydrogen-bond acceptors (Lipinski definition) is 2. The molecule has 0 saturated carbocycles. The van der Waals surface area contributed by atoms with Crippen LogP contribution in [0.15, 0.2) is 28.7 Å². The largest absolute Gasteiger partial charge is 0.392 e. The first-order chi connectivity index (χ1) is 6.22. The summed E-state index contributed by atoms with van der Waals surface area (Å²) in [5.41, 5.74) is 6.53. The lowest BCUT2D eigenvalue weighted by atomic mass is 10.1. The van der Waals surface area contributed by atoms with E-state index in [0.29, 0.717) is 6.54 Å². The highest BCUT2D eigenvalue weighted by Gasteiger charge is 2.01. The Labute approximate surface area is 86.9 Å². The summed E-state index contributed by atoms with van der Waals surface area (Å²) < 4.78 is 1.08. The number of aliphatic hydroxyl groups excluding tert-OH is 1. The van der Waals surface area contributed by atoms with E-state index < -0.39 is 0 Å². The summed E-state index contributed by atoms with van der Waals surface area (Å²) >= 11 is 3.40. The van der Waals surface area contributed by atoms with Gasteiger partial charge in [0.05, 0.1) is 6.10 Å². The Morgan fingerprint density at radius 3 is 2.85 bits per heavy atom. The molecule has 2 nitrogen and oxygen atoms in total. The fraction of sp³-hybridized carbons (Fsp3) is 0.400. The first-order valence-electron chi connectivity index (χ1n) is 4.35. The minimum Gasteiger partial charge on any atom is -0.392 e. The van der Waals surface area contributed by atoms with Crippen molar-refractivity contribution in [1.29, 1.82) is 0 Å². The van der Waals surface area contributed by atoms with Gasteiger partial charge < -0.3 is 10.8 Å². The molecule has 0 unspecified atom stereocenters. The Kier molecular flexibility index (Phi) is 4.42. The van der Waals surface area contributed by atoms with E-state index in [1.54, 1.807) is 0 Å². The number of benzene rings is 1. The Bertz CT molecular complexity index is 265. The number of rotatable bonds is 4. The van der Waals surface area contributed by atoms with Crippen LogP contribution >= 0.6 is 15.9 Å². The molecule has 1 aromatic rings. The summed E-state index contributed by atoms with van der Waals surface area (Å²) in [4.78, 5) is 0. The standard InChI is InChI=1S/C10H14BrNO/c11-9-3-1-2-8(6-9)4-5-10(13)7-12/h1-3,6,10,13H,4-5,7,12H2/t10-/m0/s1.